The van der Waals surface area contributed by atoms with Crippen molar-refractivity contribution in [2.45, 2.75) is 19.3 Å². The lowest BCUT2D eigenvalue weighted by molar-refractivity contribution is -0.384. The highest BCUT2D eigenvalue weighted by molar-refractivity contribution is 6.34. The molecule has 1 aliphatic rings. The highest BCUT2D eigenvalue weighted by Crippen LogP contribution is 2.34. The molecule has 0 bridgehead atoms. The Bertz CT molecular complexity index is 604. The maximum absolute atomic E-state index is 12.1. The van der Waals surface area contributed by atoms with Crippen LogP contribution >= 0.6 is 11.6 Å². The Hall–Kier alpha value is -2.15. The van der Waals surface area contributed by atoms with Gasteiger partial charge >= 0.3 is 5.97 Å². The van der Waals surface area contributed by atoms with E-state index in [0.717, 1.165) is 6.07 Å². The van der Waals surface area contributed by atoms with Crippen LogP contribution in [-0.2, 0) is 9.59 Å². The summed E-state index contributed by atoms with van der Waals surface area (Å²) in [6.45, 7) is 0. The molecule has 1 saturated carbocycles. The highest BCUT2D eigenvalue weighted by Gasteiger charge is 2.37. The number of carboxylic acids is 1. The molecule has 0 aliphatic heterocycles. The lowest BCUT2D eigenvalue weighted by Crippen LogP contribution is -2.30. The molecule has 2 atom stereocenters. The molecule has 1 aliphatic carbocycles. The molecule has 0 heterocycles. The van der Waals surface area contributed by atoms with Crippen molar-refractivity contribution in [1.29, 1.82) is 0 Å². The molecule has 0 spiro atoms. The zero-order chi connectivity index (χ0) is 15.6. The van der Waals surface area contributed by atoms with Gasteiger partial charge in [-0.1, -0.05) is 18.0 Å². The number of rotatable bonds is 4. The Balaban J connectivity index is 2.13. The van der Waals surface area contributed by atoms with Gasteiger partial charge in [0.05, 0.1) is 27.5 Å². The van der Waals surface area contributed by atoms with E-state index in [-0.39, 0.29) is 16.4 Å². The van der Waals surface area contributed by atoms with Crippen LogP contribution in [0.3, 0.4) is 0 Å². The fraction of sp³-hybridized carbons (Fsp3) is 0.385. The van der Waals surface area contributed by atoms with Gasteiger partial charge in [0.2, 0.25) is 5.91 Å². The number of anilines is 1. The largest absolute Gasteiger partial charge is 0.481 e. The van der Waals surface area contributed by atoms with Gasteiger partial charge < -0.3 is 10.4 Å². The van der Waals surface area contributed by atoms with E-state index in [4.69, 9.17) is 16.7 Å². The molecule has 0 radical (unpaired) electrons. The molecule has 1 fully saturated rings. The number of nitro benzene ring substituents is 1. The van der Waals surface area contributed by atoms with E-state index in [1.165, 1.54) is 12.1 Å². The SMILES string of the molecule is O=C(O)C1CCCC1C(=O)Nc1ccc([N+](=O)[O-])cc1Cl. The maximum Gasteiger partial charge on any atom is 0.307 e. The van der Waals surface area contributed by atoms with E-state index in [9.17, 15) is 19.7 Å². The second-order valence-corrected chi connectivity index (χ2v) is 5.30. The van der Waals surface area contributed by atoms with Crippen LogP contribution in [0.1, 0.15) is 19.3 Å². The Morgan fingerprint density at radius 3 is 2.57 bits per heavy atom. The summed E-state index contributed by atoms with van der Waals surface area (Å²) in [5.74, 6) is -2.70. The standard InChI is InChI=1S/C13H13ClN2O5/c14-10-6-7(16(20)21)4-5-11(10)15-12(17)8-2-1-3-9(8)13(18)19/h4-6,8-9H,1-3H2,(H,15,17)(H,18,19). The lowest BCUT2D eigenvalue weighted by Gasteiger charge is -2.16. The average Bonchev–Trinajstić information content (AvgIpc) is 2.90. The molecule has 1 aromatic rings. The summed E-state index contributed by atoms with van der Waals surface area (Å²) in [5, 5.41) is 22.3. The number of benzene rings is 1. The number of carboxylic acid groups (broad SMARTS) is 1. The number of nitrogens with zero attached hydrogens (tertiary/aromatic N) is 1. The molecule has 0 aromatic heterocycles. The van der Waals surface area contributed by atoms with Crippen molar-refractivity contribution in [3.8, 4) is 0 Å². The predicted molar refractivity (Wildman–Crippen MR) is 75.2 cm³/mol. The molecule has 1 aromatic carbocycles. The highest BCUT2D eigenvalue weighted by atomic mass is 35.5. The van der Waals surface area contributed by atoms with E-state index in [1.54, 1.807) is 0 Å². The Labute approximate surface area is 125 Å². The minimum absolute atomic E-state index is 0.0439. The van der Waals surface area contributed by atoms with Crippen LogP contribution in [0, 0.1) is 22.0 Å². The average molecular weight is 313 g/mol. The number of non-ortho nitro benzene ring substituents is 1. The van der Waals surface area contributed by atoms with Crippen molar-refractivity contribution in [1.82, 2.24) is 0 Å². The zero-order valence-corrected chi connectivity index (χ0v) is 11.7. The number of hydrogen-bond acceptors (Lipinski definition) is 4. The quantitative estimate of drug-likeness (QED) is 0.656. The normalized spacial score (nSPS) is 21.0. The lowest BCUT2D eigenvalue weighted by atomic mass is 9.95. The first-order chi connectivity index (χ1) is 9.90. The first kappa shape index (κ1) is 15.2. The summed E-state index contributed by atoms with van der Waals surface area (Å²) >= 11 is 5.89. The molecule has 7 nitrogen and oxygen atoms in total. The maximum atomic E-state index is 12.1. The van der Waals surface area contributed by atoms with Crippen molar-refractivity contribution in [3.63, 3.8) is 0 Å². The van der Waals surface area contributed by atoms with Gasteiger partial charge in [0.1, 0.15) is 0 Å². The number of nitro groups is 1. The zero-order valence-electron chi connectivity index (χ0n) is 10.9. The van der Waals surface area contributed by atoms with Crippen LogP contribution in [0.25, 0.3) is 0 Å². The third kappa shape index (κ3) is 3.30. The van der Waals surface area contributed by atoms with Crippen molar-refractivity contribution in [2.24, 2.45) is 11.8 Å². The molecule has 2 rings (SSSR count). The predicted octanol–water partition coefficient (Wildman–Crippen LogP) is 2.69. The van der Waals surface area contributed by atoms with Gasteiger partial charge in [0, 0.05) is 12.1 Å². The number of aliphatic carboxylic acids is 1. The van der Waals surface area contributed by atoms with Crippen molar-refractivity contribution >= 4 is 34.9 Å². The molecule has 8 heteroatoms. The molecule has 112 valence electrons. The second-order valence-electron chi connectivity index (χ2n) is 4.89. The molecule has 1 amide bonds. The van der Waals surface area contributed by atoms with Gasteiger partial charge in [-0.05, 0) is 18.9 Å². The monoisotopic (exact) mass is 312 g/mol. The van der Waals surface area contributed by atoms with E-state index in [2.05, 4.69) is 5.32 Å². The van der Waals surface area contributed by atoms with Crippen molar-refractivity contribution in [3.05, 3.63) is 33.3 Å². The van der Waals surface area contributed by atoms with E-state index < -0.39 is 28.6 Å². The first-order valence-corrected chi connectivity index (χ1v) is 6.75. The van der Waals surface area contributed by atoms with Crippen LogP contribution in [0.5, 0.6) is 0 Å². The molecule has 2 unspecified atom stereocenters. The summed E-state index contributed by atoms with van der Waals surface area (Å²) < 4.78 is 0. The van der Waals surface area contributed by atoms with Gasteiger partial charge in [-0.25, -0.2) is 0 Å². The number of carbonyl (C=O) groups is 2. The van der Waals surface area contributed by atoms with Crippen LogP contribution in [0.15, 0.2) is 18.2 Å². The topological polar surface area (TPSA) is 110 Å². The Kier molecular flexibility index (Phi) is 4.42. The number of halogens is 1. The molecule has 0 saturated heterocycles. The minimum atomic E-state index is -0.984. The van der Waals surface area contributed by atoms with E-state index in [1.807, 2.05) is 0 Å². The third-order valence-electron chi connectivity index (χ3n) is 3.59. The summed E-state index contributed by atoms with van der Waals surface area (Å²) in [4.78, 5) is 33.2. The van der Waals surface area contributed by atoms with Crippen LogP contribution in [-0.4, -0.2) is 21.9 Å². The summed E-state index contributed by atoms with van der Waals surface area (Å²) in [6, 6.07) is 3.70. The fourth-order valence-electron chi connectivity index (χ4n) is 2.51. The van der Waals surface area contributed by atoms with Gasteiger partial charge in [-0.3, -0.25) is 19.7 Å². The van der Waals surface area contributed by atoms with Crippen molar-refractivity contribution in [2.75, 3.05) is 5.32 Å². The summed E-state index contributed by atoms with van der Waals surface area (Å²) in [7, 11) is 0. The fourth-order valence-corrected chi connectivity index (χ4v) is 2.74. The number of carbonyl (C=O) groups excluding carboxylic acids is 1. The smallest absolute Gasteiger partial charge is 0.307 e. The molecule has 2 N–H and O–H groups in total. The summed E-state index contributed by atoms with van der Waals surface area (Å²) in [5.41, 5.74) is 0.0607. The second kappa shape index (κ2) is 6.09. The van der Waals surface area contributed by atoms with Gasteiger partial charge in [0.15, 0.2) is 0 Å². The molecular formula is C13H13ClN2O5. The Morgan fingerprint density at radius 1 is 1.33 bits per heavy atom. The summed E-state index contributed by atoms with van der Waals surface area (Å²) in [6.07, 6.45) is 1.66. The number of hydrogen-bond donors (Lipinski definition) is 2. The number of amides is 1. The third-order valence-corrected chi connectivity index (χ3v) is 3.90. The van der Waals surface area contributed by atoms with Gasteiger partial charge in [0.25, 0.3) is 5.69 Å². The van der Waals surface area contributed by atoms with Gasteiger partial charge in [-0.15, -0.1) is 0 Å². The molecule has 21 heavy (non-hydrogen) atoms. The van der Waals surface area contributed by atoms with Crippen LogP contribution in [0.2, 0.25) is 5.02 Å². The minimum Gasteiger partial charge on any atom is -0.481 e. The van der Waals surface area contributed by atoms with E-state index in [0.29, 0.717) is 19.3 Å². The number of nitrogens with one attached hydrogen (secondary N) is 1. The van der Waals surface area contributed by atoms with E-state index >= 15 is 0 Å². The molecular weight excluding hydrogens is 300 g/mol. The van der Waals surface area contributed by atoms with Crippen LogP contribution < -0.4 is 5.32 Å². The Morgan fingerprint density at radius 2 is 2.00 bits per heavy atom. The van der Waals surface area contributed by atoms with Crippen molar-refractivity contribution < 1.29 is 19.6 Å². The van der Waals surface area contributed by atoms with Gasteiger partial charge in [-0.2, -0.15) is 0 Å². The van der Waals surface area contributed by atoms with Crippen LogP contribution in [0.4, 0.5) is 11.4 Å². The first-order valence-electron chi connectivity index (χ1n) is 6.37.